The van der Waals surface area contributed by atoms with Crippen molar-refractivity contribution in [1.82, 2.24) is 4.90 Å². The summed E-state index contributed by atoms with van der Waals surface area (Å²) in [6.07, 6.45) is 6.71. The number of amides is 1. The van der Waals surface area contributed by atoms with E-state index in [0.717, 1.165) is 24.7 Å². The van der Waals surface area contributed by atoms with Gasteiger partial charge >= 0.3 is 0 Å². The molecule has 0 aromatic heterocycles. The molecule has 27 heavy (non-hydrogen) atoms. The molecule has 152 valence electrons. The molecule has 0 radical (unpaired) electrons. The van der Waals surface area contributed by atoms with Gasteiger partial charge in [0.25, 0.3) is 10.1 Å². The van der Waals surface area contributed by atoms with Gasteiger partial charge in [-0.25, -0.2) is 0 Å². The molecule has 0 aliphatic heterocycles. The predicted octanol–water partition coefficient (Wildman–Crippen LogP) is 4.48. The Morgan fingerprint density at radius 3 is 2.52 bits per heavy atom. The van der Waals surface area contributed by atoms with Crippen LogP contribution in [0.2, 0.25) is 10.0 Å². The maximum atomic E-state index is 12.6. The van der Waals surface area contributed by atoms with Crippen molar-refractivity contribution in [1.29, 1.82) is 0 Å². The Labute approximate surface area is 172 Å². The molecule has 1 aromatic carbocycles. The minimum Gasteiger partial charge on any atom is -0.345 e. The highest BCUT2D eigenvalue weighted by molar-refractivity contribution is 7.85. The fourth-order valence-electron chi connectivity index (χ4n) is 3.52. The molecule has 1 amide bonds. The van der Waals surface area contributed by atoms with Gasteiger partial charge in [-0.2, -0.15) is 8.42 Å². The lowest BCUT2D eigenvalue weighted by Gasteiger charge is -2.26. The second-order valence-electron chi connectivity index (χ2n) is 7.31. The summed E-state index contributed by atoms with van der Waals surface area (Å²) in [5.74, 6) is 0.506. The Morgan fingerprint density at radius 2 is 1.93 bits per heavy atom. The first-order chi connectivity index (χ1) is 12.7. The van der Waals surface area contributed by atoms with Crippen molar-refractivity contribution in [2.45, 2.75) is 44.4 Å². The average molecular weight is 436 g/mol. The number of halogens is 2. The molecule has 1 saturated carbocycles. The Kier molecular flexibility index (Phi) is 8.40. The first-order valence-corrected chi connectivity index (χ1v) is 11.8. The lowest BCUT2D eigenvalue weighted by Crippen LogP contribution is -2.32. The molecule has 1 fully saturated rings. The average Bonchev–Trinajstić information content (AvgIpc) is 3.08. The van der Waals surface area contributed by atoms with Gasteiger partial charge in [-0.15, -0.1) is 0 Å². The Bertz CT molecular complexity index is 748. The molecule has 0 unspecified atom stereocenters. The molecule has 1 aliphatic carbocycles. The summed E-state index contributed by atoms with van der Waals surface area (Å²) in [5, 5.41) is 0.889. The second kappa shape index (κ2) is 10.1. The number of nitrogens with zero attached hydrogens (tertiary/aromatic N) is 1. The van der Waals surface area contributed by atoms with E-state index in [2.05, 4.69) is 0 Å². The van der Waals surface area contributed by atoms with Gasteiger partial charge in [0, 0.05) is 25.9 Å². The SMILES string of the molecule is CN(C[C@H](CCOS(C)(=O)=O)c1ccc(Cl)c(Cl)c1)C(=O)CC1CCCC1. The molecule has 0 N–H and O–H groups in total. The van der Waals surface area contributed by atoms with Gasteiger partial charge in [0.15, 0.2) is 0 Å². The van der Waals surface area contributed by atoms with E-state index >= 15 is 0 Å². The third kappa shape index (κ3) is 7.60. The van der Waals surface area contributed by atoms with Crippen molar-refractivity contribution < 1.29 is 17.4 Å². The number of carbonyl (C=O) groups is 1. The van der Waals surface area contributed by atoms with E-state index in [1.165, 1.54) is 12.8 Å². The van der Waals surface area contributed by atoms with Crippen molar-refractivity contribution >= 4 is 39.2 Å². The van der Waals surface area contributed by atoms with Gasteiger partial charge in [-0.1, -0.05) is 42.1 Å². The zero-order chi connectivity index (χ0) is 20.0. The minimum atomic E-state index is -3.51. The summed E-state index contributed by atoms with van der Waals surface area (Å²) >= 11 is 12.1. The molecule has 2 rings (SSSR count). The molecule has 0 saturated heterocycles. The van der Waals surface area contributed by atoms with Gasteiger partial charge in [0.2, 0.25) is 5.91 Å². The standard InChI is InChI=1S/C19H27Cl2NO4S/c1-22(19(23)11-14-5-3-4-6-14)13-16(9-10-26-27(2,24)25)15-7-8-17(20)18(21)12-15/h7-8,12,14,16H,3-6,9-11,13H2,1-2H3/t16-/m0/s1. The number of rotatable bonds is 9. The topological polar surface area (TPSA) is 63.7 Å². The van der Waals surface area contributed by atoms with Crippen LogP contribution in [-0.2, 0) is 19.1 Å². The Morgan fingerprint density at radius 1 is 1.26 bits per heavy atom. The van der Waals surface area contributed by atoms with Crippen LogP contribution >= 0.6 is 23.2 Å². The van der Waals surface area contributed by atoms with Crippen LogP contribution in [0.3, 0.4) is 0 Å². The molecule has 1 aromatic rings. The summed E-state index contributed by atoms with van der Waals surface area (Å²) in [4.78, 5) is 14.3. The molecule has 8 heteroatoms. The minimum absolute atomic E-state index is 0.0500. The predicted molar refractivity (Wildman–Crippen MR) is 109 cm³/mol. The summed E-state index contributed by atoms with van der Waals surface area (Å²) in [6.45, 7) is 0.519. The number of carbonyl (C=O) groups excluding carboxylic acids is 1. The fourth-order valence-corrected chi connectivity index (χ4v) is 4.23. The lowest BCUT2D eigenvalue weighted by atomic mass is 9.95. The molecular formula is C19H27Cl2NO4S. The largest absolute Gasteiger partial charge is 0.345 e. The third-order valence-electron chi connectivity index (χ3n) is 5.04. The normalized spacial score (nSPS) is 16.4. The summed E-state index contributed by atoms with van der Waals surface area (Å²) in [5.41, 5.74) is 0.905. The van der Waals surface area contributed by atoms with Gasteiger partial charge in [0.1, 0.15) is 0 Å². The van der Waals surface area contributed by atoms with Crippen LogP contribution in [0.5, 0.6) is 0 Å². The van der Waals surface area contributed by atoms with Gasteiger partial charge < -0.3 is 4.90 Å². The maximum Gasteiger partial charge on any atom is 0.264 e. The Balaban J connectivity index is 2.05. The molecule has 1 atom stereocenters. The van der Waals surface area contributed by atoms with E-state index in [0.29, 0.717) is 35.3 Å². The smallest absolute Gasteiger partial charge is 0.264 e. The van der Waals surface area contributed by atoms with Crippen LogP contribution in [-0.4, -0.2) is 45.7 Å². The maximum absolute atomic E-state index is 12.6. The lowest BCUT2D eigenvalue weighted by molar-refractivity contribution is -0.131. The molecule has 0 bridgehead atoms. The van der Waals surface area contributed by atoms with Crippen molar-refractivity contribution in [3.05, 3.63) is 33.8 Å². The zero-order valence-corrected chi connectivity index (χ0v) is 18.1. The van der Waals surface area contributed by atoms with Gasteiger partial charge in [-0.3, -0.25) is 8.98 Å². The van der Waals surface area contributed by atoms with Crippen LogP contribution in [0, 0.1) is 5.92 Å². The Hall–Kier alpha value is -0.820. The van der Waals surface area contributed by atoms with E-state index in [-0.39, 0.29) is 18.4 Å². The van der Waals surface area contributed by atoms with Crippen molar-refractivity contribution in [3.8, 4) is 0 Å². The van der Waals surface area contributed by atoms with Crippen LogP contribution in [0.15, 0.2) is 18.2 Å². The monoisotopic (exact) mass is 435 g/mol. The molecule has 1 aliphatic rings. The third-order valence-corrected chi connectivity index (χ3v) is 6.37. The first kappa shape index (κ1) is 22.5. The van der Waals surface area contributed by atoms with E-state index in [9.17, 15) is 13.2 Å². The highest BCUT2D eigenvalue weighted by Gasteiger charge is 2.23. The van der Waals surface area contributed by atoms with E-state index < -0.39 is 10.1 Å². The number of likely N-dealkylation sites (N-methyl/N-ethyl adjacent to an activating group) is 1. The van der Waals surface area contributed by atoms with Crippen LogP contribution in [0.25, 0.3) is 0 Å². The van der Waals surface area contributed by atoms with Crippen LogP contribution in [0.4, 0.5) is 0 Å². The van der Waals surface area contributed by atoms with E-state index in [4.69, 9.17) is 27.4 Å². The zero-order valence-electron chi connectivity index (χ0n) is 15.8. The molecular weight excluding hydrogens is 409 g/mol. The van der Waals surface area contributed by atoms with Crippen LogP contribution < -0.4 is 0 Å². The summed E-state index contributed by atoms with van der Waals surface area (Å²) < 4.78 is 27.4. The highest BCUT2D eigenvalue weighted by atomic mass is 35.5. The fraction of sp³-hybridized carbons (Fsp3) is 0.632. The summed E-state index contributed by atoms with van der Waals surface area (Å²) in [7, 11) is -1.71. The molecule has 0 spiro atoms. The van der Waals surface area contributed by atoms with Crippen molar-refractivity contribution in [2.75, 3.05) is 26.5 Å². The first-order valence-electron chi connectivity index (χ1n) is 9.19. The van der Waals surface area contributed by atoms with Gasteiger partial charge in [-0.05, 0) is 42.9 Å². The molecule has 5 nitrogen and oxygen atoms in total. The van der Waals surface area contributed by atoms with Crippen LogP contribution in [0.1, 0.15) is 50.0 Å². The quantitative estimate of drug-likeness (QED) is 0.536. The molecule has 0 heterocycles. The van der Waals surface area contributed by atoms with E-state index in [1.54, 1.807) is 24.1 Å². The van der Waals surface area contributed by atoms with Crippen molar-refractivity contribution in [3.63, 3.8) is 0 Å². The van der Waals surface area contributed by atoms with Gasteiger partial charge in [0.05, 0.1) is 22.9 Å². The van der Waals surface area contributed by atoms with Crippen molar-refractivity contribution in [2.24, 2.45) is 5.92 Å². The summed E-state index contributed by atoms with van der Waals surface area (Å²) in [6, 6.07) is 5.34. The highest BCUT2D eigenvalue weighted by Crippen LogP contribution is 2.30. The number of benzene rings is 1. The number of hydrogen-bond donors (Lipinski definition) is 0. The second-order valence-corrected chi connectivity index (χ2v) is 9.77. The van der Waals surface area contributed by atoms with E-state index in [1.807, 2.05) is 6.07 Å². The number of hydrogen-bond acceptors (Lipinski definition) is 4.